The van der Waals surface area contributed by atoms with Gasteiger partial charge in [-0.1, -0.05) is 0 Å². The van der Waals surface area contributed by atoms with Gasteiger partial charge in [0, 0.05) is 12.1 Å². The average Bonchev–Trinajstić information content (AvgIpc) is 2.61. The summed E-state index contributed by atoms with van der Waals surface area (Å²) in [5, 5.41) is 6.85. The molecule has 1 aliphatic carbocycles. The summed E-state index contributed by atoms with van der Waals surface area (Å²) in [6.45, 7) is 0. The van der Waals surface area contributed by atoms with E-state index in [9.17, 15) is 4.79 Å². The lowest BCUT2D eigenvalue weighted by Crippen LogP contribution is -2.30. The molecule has 1 aliphatic rings. The molecule has 2 unspecified atom stereocenters. The van der Waals surface area contributed by atoms with E-state index in [1.807, 2.05) is 16.8 Å². The van der Waals surface area contributed by atoms with Gasteiger partial charge >= 0.3 is 0 Å². The summed E-state index contributed by atoms with van der Waals surface area (Å²) < 4.78 is 0. The van der Waals surface area contributed by atoms with Gasteiger partial charge in [0.05, 0.1) is 6.42 Å². The van der Waals surface area contributed by atoms with E-state index in [-0.39, 0.29) is 18.0 Å². The molecular formula is C9H12N2OS. The Balaban J connectivity index is 1.79. The first-order valence-corrected chi connectivity index (χ1v) is 5.26. The van der Waals surface area contributed by atoms with Gasteiger partial charge in [0.1, 0.15) is 0 Å². The maximum atomic E-state index is 11.3. The summed E-state index contributed by atoms with van der Waals surface area (Å²) in [4.78, 5) is 11.3. The number of carbonyl (C=O) groups excluding carboxylic acids is 1. The van der Waals surface area contributed by atoms with Crippen molar-refractivity contribution in [3.8, 4) is 0 Å². The summed E-state index contributed by atoms with van der Waals surface area (Å²) in [6.07, 6.45) is 1.40. The van der Waals surface area contributed by atoms with Crippen molar-refractivity contribution in [3.05, 3.63) is 22.4 Å². The molecule has 70 valence electrons. The van der Waals surface area contributed by atoms with E-state index in [0.717, 1.165) is 12.0 Å². The molecule has 1 fully saturated rings. The fourth-order valence-electron chi connectivity index (χ4n) is 1.22. The maximum Gasteiger partial charge on any atom is 0.224 e. The Labute approximate surface area is 80.9 Å². The van der Waals surface area contributed by atoms with E-state index in [4.69, 9.17) is 5.73 Å². The van der Waals surface area contributed by atoms with Gasteiger partial charge < -0.3 is 11.1 Å². The zero-order valence-corrected chi connectivity index (χ0v) is 8.01. The highest BCUT2D eigenvalue weighted by atomic mass is 32.1. The first-order valence-electron chi connectivity index (χ1n) is 4.32. The SMILES string of the molecule is NC1CC1NC(=O)Cc1ccsc1. The number of hydrogen-bond acceptors (Lipinski definition) is 3. The van der Waals surface area contributed by atoms with Gasteiger partial charge in [-0.05, 0) is 28.8 Å². The topological polar surface area (TPSA) is 55.1 Å². The Kier molecular flexibility index (Phi) is 2.33. The molecule has 2 rings (SSSR count). The number of thiophene rings is 1. The summed E-state index contributed by atoms with van der Waals surface area (Å²) in [6, 6.07) is 2.38. The Bertz CT molecular complexity index is 297. The third-order valence-electron chi connectivity index (χ3n) is 2.13. The zero-order valence-electron chi connectivity index (χ0n) is 7.19. The quantitative estimate of drug-likeness (QED) is 0.740. The minimum Gasteiger partial charge on any atom is -0.351 e. The molecule has 1 saturated carbocycles. The van der Waals surface area contributed by atoms with Crippen molar-refractivity contribution < 1.29 is 4.79 Å². The number of hydrogen-bond donors (Lipinski definition) is 2. The maximum absolute atomic E-state index is 11.3. The summed E-state index contributed by atoms with van der Waals surface area (Å²) >= 11 is 1.61. The molecule has 4 heteroatoms. The molecule has 0 aromatic carbocycles. The van der Waals surface area contributed by atoms with E-state index in [2.05, 4.69) is 5.32 Å². The molecule has 0 spiro atoms. The highest BCUT2D eigenvalue weighted by Gasteiger charge is 2.34. The smallest absolute Gasteiger partial charge is 0.224 e. The van der Waals surface area contributed by atoms with Gasteiger partial charge in [-0.15, -0.1) is 0 Å². The Morgan fingerprint density at radius 2 is 2.54 bits per heavy atom. The molecule has 0 bridgehead atoms. The van der Waals surface area contributed by atoms with Crippen molar-refractivity contribution in [2.75, 3.05) is 0 Å². The van der Waals surface area contributed by atoms with Crippen LogP contribution in [0.15, 0.2) is 16.8 Å². The van der Waals surface area contributed by atoms with E-state index in [0.29, 0.717) is 6.42 Å². The molecule has 13 heavy (non-hydrogen) atoms. The monoisotopic (exact) mass is 196 g/mol. The predicted molar refractivity (Wildman–Crippen MR) is 52.5 cm³/mol. The molecule has 1 amide bonds. The average molecular weight is 196 g/mol. The van der Waals surface area contributed by atoms with Crippen molar-refractivity contribution in [2.45, 2.75) is 24.9 Å². The third-order valence-corrected chi connectivity index (χ3v) is 2.86. The second-order valence-corrected chi connectivity index (χ2v) is 4.16. The van der Waals surface area contributed by atoms with Crippen LogP contribution < -0.4 is 11.1 Å². The van der Waals surface area contributed by atoms with Crippen molar-refractivity contribution in [2.24, 2.45) is 5.73 Å². The van der Waals surface area contributed by atoms with Crippen molar-refractivity contribution in [1.29, 1.82) is 0 Å². The Morgan fingerprint density at radius 3 is 3.08 bits per heavy atom. The lowest BCUT2D eigenvalue weighted by Gasteiger charge is -2.01. The van der Waals surface area contributed by atoms with Gasteiger partial charge in [-0.3, -0.25) is 4.79 Å². The van der Waals surface area contributed by atoms with Gasteiger partial charge in [-0.25, -0.2) is 0 Å². The van der Waals surface area contributed by atoms with Crippen LogP contribution in [0.3, 0.4) is 0 Å². The molecule has 2 atom stereocenters. The lowest BCUT2D eigenvalue weighted by atomic mass is 10.2. The summed E-state index contributed by atoms with van der Waals surface area (Å²) in [7, 11) is 0. The van der Waals surface area contributed by atoms with Gasteiger partial charge in [-0.2, -0.15) is 11.3 Å². The predicted octanol–water partition coefficient (Wildman–Crippen LogP) is 0.506. The normalized spacial score (nSPS) is 25.6. The summed E-state index contributed by atoms with van der Waals surface area (Å²) in [5.41, 5.74) is 6.66. The van der Waals surface area contributed by atoms with E-state index >= 15 is 0 Å². The van der Waals surface area contributed by atoms with Crippen LogP contribution in [-0.2, 0) is 11.2 Å². The van der Waals surface area contributed by atoms with Crippen LogP contribution in [0.5, 0.6) is 0 Å². The van der Waals surface area contributed by atoms with Crippen molar-refractivity contribution >= 4 is 17.2 Å². The van der Waals surface area contributed by atoms with Crippen LogP contribution in [0.4, 0.5) is 0 Å². The van der Waals surface area contributed by atoms with Gasteiger partial charge in [0.2, 0.25) is 5.91 Å². The van der Waals surface area contributed by atoms with Crippen LogP contribution in [0, 0.1) is 0 Å². The highest BCUT2D eigenvalue weighted by Crippen LogP contribution is 2.18. The van der Waals surface area contributed by atoms with Crippen LogP contribution in [0.1, 0.15) is 12.0 Å². The first kappa shape index (κ1) is 8.72. The van der Waals surface area contributed by atoms with Crippen LogP contribution in [-0.4, -0.2) is 18.0 Å². The van der Waals surface area contributed by atoms with Crippen LogP contribution in [0.25, 0.3) is 0 Å². The molecule has 0 aliphatic heterocycles. The fourth-order valence-corrected chi connectivity index (χ4v) is 1.89. The lowest BCUT2D eigenvalue weighted by molar-refractivity contribution is -0.120. The van der Waals surface area contributed by atoms with Crippen LogP contribution >= 0.6 is 11.3 Å². The number of carbonyl (C=O) groups is 1. The molecule has 0 radical (unpaired) electrons. The number of nitrogens with one attached hydrogen (secondary N) is 1. The number of amides is 1. The minimum atomic E-state index is 0.0800. The summed E-state index contributed by atoms with van der Waals surface area (Å²) in [5.74, 6) is 0.0800. The van der Waals surface area contributed by atoms with Gasteiger partial charge in [0.15, 0.2) is 0 Å². The molecule has 0 saturated heterocycles. The van der Waals surface area contributed by atoms with E-state index in [1.54, 1.807) is 11.3 Å². The molecular weight excluding hydrogens is 184 g/mol. The van der Waals surface area contributed by atoms with E-state index in [1.165, 1.54) is 0 Å². The molecule has 3 nitrogen and oxygen atoms in total. The number of nitrogens with two attached hydrogens (primary N) is 1. The van der Waals surface area contributed by atoms with E-state index < -0.39 is 0 Å². The number of rotatable bonds is 3. The molecule has 1 aromatic rings. The molecule has 1 heterocycles. The first-order chi connectivity index (χ1) is 6.25. The van der Waals surface area contributed by atoms with Crippen LogP contribution in [0.2, 0.25) is 0 Å². The third kappa shape index (κ3) is 2.29. The Morgan fingerprint density at radius 1 is 1.77 bits per heavy atom. The molecule has 3 N–H and O–H groups in total. The zero-order chi connectivity index (χ0) is 9.26. The highest BCUT2D eigenvalue weighted by molar-refractivity contribution is 7.07. The largest absolute Gasteiger partial charge is 0.351 e. The van der Waals surface area contributed by atoms with Crippen molar-refractivity contribution in [3.63, 3.8) is 0 Å². The van der Waals surface area contributed by atoms with Crippen molar-refractivity contribution in [1.82, 2.24) is 5.32 Å². The molecule has 1 aromatic heterocycles. The standard InChI is InChI=1S/C9H12N2OS/c10-7-4-8(7)11-9(12)3-6-1-2-13-5-6/h1-2,5,7-8H,3-4,10H2,(H,11,12). The Hall–Kier alpha value is -0.870. The second kappa shape index (κ2) is 3.47. The second-order valence-electron chi connectivity index (χ2n) is 3.38. The van der Waals surface area contributed by atoms with Gasteiger partial charge in [0.25, 0.3) is 0 Å². The minimum absolute atomic E-state index is 0.0800. The fraction of sp³-hybridized carbons (Fsp3) is 0.444.